The second-order valence-electron chi connectivity index (χ2n) is 6.51. The maximum atomic E-state index is 12.3. The largest absolute Gasteiger partial charge is 0.507 e. The van der Waals surface area contributed by atoms with E-state index in [1.807, 2.05) is 24.3 Å². The van der Waals surface area contributed by atoms with Gasteiger partial charge in [-0.1, -0.05) is 36.4 Å². The Morgan fingerprint density at radius 3 is 2.61 bits per heavy atom. The lowest BCUT2D eigenvalue weighted by Gasteiger charge is -2.08. The van der Waals surface area contributed by atoms with Gasteiger partial charge in [0.05, 0.1) is 23.1 Å². The number of para-hydroxylation sites is 1. The molecule has 28 heavy (non-hydrogen) atoms. The van der Waals surface area contributed by atoms with Gasteiger partial charge in [-0.25, -0.2) is 9.59 Å². The highest BCUT2D eigenvalue weighted by Crippen LogP contribution is 2.28. The smallest absolute Gasteiger partial charge is 0.343 e. The fraction of sp³-hybridized carbons (Fsp3) is 0.130. The predicted molar refractivity (Wildman–Crippen MR) is 107 cm³/mol. The molecule has 0 bridgehead atoms. The van der Waals surface area contributed by atoms with Crippen LogP contribution in [0.1, 0.15) is 28.4 Å². The van der Waals surface area contributed by atoms with Crippen LogP contribution < -0.4 is 5.63 Å². The molecule has 0 unspecified atom stereocenters. The van der Waals surface area contributed by atoms with Crippen molar-refractivity contribution in [1.82, 2.24) is 0 Å². The van der Waals surface area contributed by atoms with Crippen LogP contribution in [0.15, 0.2) is 69.9 Å². The lowest BCUT2D eigenvalue weighted by molar-refractivity contribution is 0.0526. The minimum atomic E-state index is -0.547. The molecule has 0 saturated heterocycles. The lowest BCUT2D eigenvalue weighted by Crippen LogP contribution is -2.08. The molecule has 0 fully saturated rings. The molecule has 5 heteroatoms. The van der Waals surface area contributed by atoms with Crippen molar-refractivity contribution in [3.05, 3.63) is 87.8 Å². The van der Waals surface area contributed by atoms with Gasteiger partial charge >= 0.3 is 11.6 Å². The van der Waals surface area contributed by atoms with Gasteiger partial charge in [0.1, 0.15) is 11.3 Å². The van der Waals surface area contributed by atoms with Gasteiger partial charge in [0, 0.05) is 6.42 Å². The number of fused-ring (bicyclic) bond motifs is 2. The Labute approximate surface area is 160 Å². The molecular formula is C23H18O5. The van der Waals surface area contributed by atoms with Crippen LogP contribution in [0.2, 0.25) is 0 Å². The van der Waals surface area contributed by atoms with Crippen LogP contribution in [0, 0.1) is 0 Å². The Balaban J connectivity index is 1.71. The van der Waals surface area contributed by atoms with E-state index in [2.05, 4.69) is 0 Å². The second-order valence-corrected chi connectivity index (χ2v) is 6.51. The minimum absolute atomic E-state index is 0.0513. The normalized spacial score (nSPS) is 11.0. The molecule has 0 radical (unpaired) electrons. The van der Waals surface area contributed by atoms with E-state index < -0.39 is 5.63 Å². The molecule has 0 saturated carbocycles. The summed E-state index contributed by atoms with van der Waals surface area (Å²) in [5.74, 6) is -0.406. The average molecular weight is 374 g/mol. The van der Waals surface area contributed by atoms with Crippen molar-refractivity contribution in [3.8, 4) is 5.75 Å². The maximum absolute atomic E-state index is 12.3. The summed E-state index contributed by atoms with van der Waals surface area (Å²) in [6, 6.07) is 17.9. The van der Waals surface area contributed by atoms with Crippen molar-refractivity contribution < 1.29 is 19.1 Å². The van der Waals surface area contributed by atoms with E-state index in [9.17, 15) is 14.7 Å². The fourth-order valence-corrected chi connectivity index (χ4v) is 3.28. The molecule has 0 atom stereocenters. The number of hydrogen-bond donors (Lipinski definition) is 1. The van der Waals surface area contributed by atoms with Crippen LogP contribution in [-0.4, -0.2) is 17.7 Å². The Morgan fingerprint density at radius 1 is 1.04 bits per heavy atom. The number of aromatic hydroxyl groups is 1. The standard InChI is InChI=1S/C23H18O5/c1-2-27-22(25)17-10-9-15-11-14(7-8-16(15)13-17)12-19-21(24)18-5-3-4-6-20(18)28-23(19)26/h3-11,13,24H,2,12H2,1H3. The molecule has 4 aromatic rings. The number of carbonyl (C=O) groups excluding carboxylic acids is 1. The van der Waals surface area contributed by atoms with Crippen LogP contribution in [-0.2, 0) is 11.2 Å². The number of rotatable bonds is 4. The topological polar surface area (TPSA) is 76.7 Å². The van der Waals surface area contributed by atoms with Gasteiger partial charge in [-0.05, 0) is 47.5 Å². The van der Waals surface area contributed by atoms with E-state index in [1.165, 1.54) is 0 Å². The molecule has 4 rings (SSSR count). The zero-order chi connectivity index (χ0) is 19.7. The molecule has 0 aliphatic heterocycles. The van der Waals surface area contributed by atoms with Gasteiger partial charge in [0.2, 0.25) is 0 Å². The van der Waals surface area contributed by atoms with Crippen molar-refractivity contribution >= 4 is 27.7 Å². The van der Waals surface area contributed by atoms with Crippen LogP contribution in [0.5, 0.6) is 5.75 Å². The Morgan fingerprint density at radius 2 is 1.79 bits per heavy atom. The average Bonchev–Trinajstić information content (AvgIpc) is 2.71. The molecule has 0 amide bonds. The third-order valence-corrected chi connectivity index (χ3v) is 4.67. The maximum Gasteiger partial charge on any atom is 0.343 e. The van der Waals surface area contributed by atoms with Crippen LogP contribution >= 0.6 is 0 Å². The highest BCUT2D eigenvalue weighted by molar-refractivity contribution is 5.95. The number of benzene rings is 3. The molecule has 3 aromatic carbocycles. The van der Waals surface area contributed by atoms with E-state index in [4.69, 9.17) is 9.15 Å². The van der Waals surface area contributed by atoms with E-state index in [0.29, 0.717) is 23.1 Å². The summed E-state index contributed by atoms with van der Waals surface area (Å²) >= 11 is 0. The van der Waals surface area contributed by atoms with Crippen molar-refractivity contribution in [2.45, 2.75) is 13.3 Å². The summed E-state index contributed by atoms with van der Waals surface area (Å²) in [4.78, 5) is 24.2. The summed E-state index contributed by atoms with van der Waals surface area (Å²) in [5.41, 5.74) is 1.39. The molecule has 0 spiro atoms. The molecule has 1 heterocycles. The first kappa shape index (κ1) is 17.8. The predicted octanol–water partition coefficient (Wildman–Crippen LogP) is 4.42. The third kappa shape index (κ3) is 3.22. The molecule has 5 nitrogen and oxygen atoms in total. The van der Waals surface area contributed by atoms with Gasteiger partial charge in [-0.3, -0.25) is 0 Å². The van der Waals surface area contributed by atoms with Crippen molar-refractivity contribution in [1.29, 1.82) is 0 Å². The van der Waals surface area contributed by atoms with Gasteiger partial charge in [-0.15, -0.1) is 0 Å². The SMILES string of the molecule is CCOC(=O)c1ccc2cc(Cc3c(O)c4ccccc4oc3=O)ccc2c1. The summed E-state index contributed by atoms with van der Waals surface area (Å²) in [5, 5.41) is 12.9. The van der Waals surface area contributed by atoms with Crippen molar-refractivity contribution in [2.75, 3.05) is 6.61 Å². The van der Waals surface area contributed by atoms with Crippen LogP contribution in [0.4, 0.5) is 0 Å². The number of esters is 1. The first-order valence-corrected chi connectivity index (χ1v) is 9.00. The minimum Gasteiger partial charge on any atom is -0.507 e. The number of hydrogen-bond acceptors (Lipinski definition) is 5. The molecular weight excluding hydrogens is 356 g/mol. The summed E-state index contributed by atoms with van der Waals surface area (Å²) in [6.45, 7) is 2.09. The molecule has 0 aliphatic carbocycles. The first-order chi connectivity index (χ1) is 13.6. The monoisotopic (exact) mass is 374 g/mol. The Bertz CT molecular complexity index is 1250. The van der Waals surface area contributed by atoms with Gasteiger partial charge in [0.15, 0.2) is 0 Å². The number of carbonyl (C=O) groups is 1. The fourth-order valence-electron chi connectivity index (χ4n) is 3.28. The highest BCUT2D eigenvalue weighted by atomic mass is 16.5. The van der Waals surface area contributed by atoms with Gasteiger partial charge in [-0.2, -0.15) is 0 Å². The third-order valence-electron chi connectivity index (χ3n) is 4.67. The summed E-state index contributed by atoms with van der Waals surface area (Å²) < 4.78 is 10.4. The number of ether oxygens (including phenoxy) is 1. The quantitative estimate of drug-likeness (QED) is 0.423. The van der Waals surface area contributed by atoms with Gasteiger partial charge < -0.3 is 14.3 Å². The van der Waals surface area contributed by atoms with E-state index in [-0.39, 0.29) is 23.7 Å². The summed E-state index contributed by atoms with van der Waals surface area (Å²) in [6.07, 6.45) is 0.245. The lowest BCUT2D eigenvalue weighted by atomic mass is 9.99. The van der Waals surface area contributed by atoms with Gasteiger partial charge in [0.25, 0.3) is 0 Å². The molecule has 0 aliphatic rings. The molecule has 140 valence electrons. The molecule has 1 aromatic heterocycles. The van der Waals surface area contributed by atoms with Crippen molar-refractivity contribution in [2.24, 2.45) is 0 Å². The second kappa shape index (κ2) is 7.19. The first-order valence-electron chi connectivity index (χ1n) is 9.00. The summed E-state index contributed by atoms with van der Waals surface area (Å²) in [7, 11) is 0. The zero-order valence-corrected chi connectivity index (χ0v) is 15.3. The van der Waals surface area contributed by atoms with Crippen LogP contribution in [0.25, 0.3) is 21.7 Å². The Kier molecular flexibility index (Phi) is 4.57. The van der Waals surface area contributed by atoms with Crippen LogP contribution in [0.3, 0.4) is 0 Å². The van der Waals surface area contributed by atoms with E-state index >= 15 is 0 Å². The van der Waals surface area contributed by atoms with Crippen molar-refractivity contribution in [3.63, 3.8) is 0 Å². The zero-order valence-electron chi connectivity index (χ0n) is 15.3. The highest BCUT2D eigenvalue weighted by Gasteiger charge is 2.14. The van der Waals surface area contributed by atoms with E-state index in [0.717, 1.165) is 16.3 Å². The van der Waals surface area contributed by atoms with E-state index in [1.54, 1.807) is 43.3 Å². The Hall–Kier alpha value is -3.60. The molecule has 1 N–H and O–H groups in total.